The summed E-state index contributed by atoms with van der Waals surface area (Å²) in [7, 11) is 0. The number of benzene rings is 1. The number of hydrogen-bond donors (Lipinski definition) is 1. The van der Waals surface area contributed by atoms with Crippen LogP contribution in [0.25, 0.3) is 22.3 Å². The Labute approximate surface area is 163 Å². The fourth-order valence-corrected chi connectivity index (χ4v) is 2.89. The van der Waals surface area contributed by atoms with E-state index in [1.54, 1.807) is 16.9 Å². The number of carbonyl (C=O) groups excluding carboxylic acids is 2. The first-order chi connectivity index (χ1) is 13.4. The number of rotatable bonds is 6. The lowest BCUT2D eigenvalue weighted by molar-refractivity contribution is -0.124. The van der Waals surface area contributed by atoms with E-state index < -0.39 is 5.97 Å². The van der Waals surface area contributed by atoms with Crippen LogP contribution in [-0.2, 0) is 9.53 Å². The number of hydrogen-bond acceptors (Lipinski definition) is 5. The van der Waals surface area contributed by atoms with Gasteiger partial charge in [-0.3, -0.25) is 4.79 Å². The van der Waals surface area contributed by atoms with Crippen molar-refractivity contribution in [3.63, 3.8) is 0 Å². The lowest BCUT2D eigenvalue weighted by Gasteiger charge is -2.11. The van der Waals surface area contributed by atoms with Crippen LogP contribution in [-0.4, -0.2) is 39.3 Å². The molecule has 0 unspecified atom stereocenters. The van der Waals surface area contributed by atoms with Gasteiger partial charge in [-0.25, -0.2) is 14.5 Å². The highest BCUT2D eigenvalue weighted by Crippen LogP contribution is 2.26. The van der Waals surface area contributed by atoms with Gasteiger partial charge in [0.1, 0.15) is 0 Å². The quantitative estimate of drug-likeness (QED) is 0.663. The highest BCUT2D eigenvalue weighted by molar-refractivity contribution is 6.04. The summed E-state index contributed by atoms with van der Waals surface area (Å²) in [5.74, 6) is -0.915. The minimum atomic E-state index is -0.577. The zero-order valence-electron chi connectivity index (χ0n) is 16.5. The van der Waals surface area contributed by atoms with Crippen LogP contribution < -0.4 is 5.32 Å². The van der Waals surface area contributed by atoms with Crippen LogP contribution in [0, 0.1) is 0 Å². The largest absolute Gasteiger partial charge is 0.452 e. The first-order valence-corrected chi connectivity index (χ1v) is 9.27. The van der Waals surface area contributed by atoms with E-state index in [-0.39, 0.29) is 24.6 Å². The second kappa shape index (κ2) is 8.21. The number of nitrogens with one attached hydrogen (secondary N) is 1. The molecule has 1 N–H and O–H groups in total. The summed E-state index contributed by atoms with van der Waals surface area (Å²) in [6, 6.07) is 11.3. The first-order valence-electron chi connectivity index (χ1n) is 9.27. The van der Waals surface area contributed by atoms with Gasteiger partial charge in [-0.2, -0.15) is 5.10 Å². The molecule has 2 heterocycles. The van der Waals surface area contributed by atoms with Gasteiger partial charge in [0.2, 0.25) is 0 Å². The molecule has 0 spiro atoms. The number of amides is 1. The number of fused-ring (bicyclic) bond motifs is 1. The molecule has 0 aliphatic heterocycles. The Balaban J connectivity index is 2.00. The maximum absolute atomic E-state index is 12.7. The van der Waals surface area contributed by atoms with Crippen LogP contribution >= 0.6 is 0 Å². The standard InChI is InChI=1S/C21H24N4O3/c1-13(2)23-19(26)12-28-21(27)16-10-18(15-8-6-5-7-9-15)24-20-17(16)11-22-25(20)14(3)4/h5-11,13-14H,12H2,1-4H3,(H,23,26). The van der Waals surface area contributed by atoms with Crippen LogP contribution in [0.5, 0.6) is 0 Å². The fraction of sp³-hybridized carbons (Fsp3) is 0.333. The van der Waals surface area contributed by atoms with Crippen molar-refractivity contribution in [2.75, 3.05) is 6.61 Å². The molecule has 3 aromatic rings. The minimum Gasteiger partial charge on any atom is -0.452 e. The second-order valence-electron chi connectivity index (χ2n) is 7.14. The molecule has 0 aliphatic carbocycles. The van der Waals surface area contributed by atoms with Gasteiger partial charge in [-0.1, -0.05) is 30.3 Å². The van der Waals surface area contributed by atoms with E-state index in [0.717, 1.165) is 5.56 Å². The Hall–Kier alpha value is -3.22. The topological polar surface area (TPSA) is 86.1 Å². The lowest BCUT2D eigenvalue weighted by atomic mass is 10.1. The SMILES string of the molecule is CC(C)NC(=O)COC(=O)c1cc(-c2ccccc2)nc2c1cnn2C(C)C. The predicted molar refractivity (Wildman–Crippen MR) is 107 cm³/mol. The predicted octanol–water partition coefficient (Wildman–Crippen LogP) is 3.36. The van der Waals surface area contributed by atoms with Crippen LogP contribution in [0.1, 0.15) is 44.1 Å². The molecule has 0 aliphatic rings. The number of pyridine rings is 1. The van der Waals surface area contributed by atoms with Gasteiger partial charge in [0.05, 0.1) is 22.8 Å². The number of ether oxygens (including phenoxy) is 1. The van der Waals surface area contributed by atoms with Crippen LogP contribution in [0.2, 0.25) is 0 Å². The van der Waals surface area contributed by atoms with Gasteiger partial charge in [0.25, 0.3) is 5.91 Å². The molecule has 0 radical (unpaired) electrons. The summed E-state index contributed by atoms with van der Waals surface area (Å²) >= 11 is 0. The first kappa shape index (κ1) is 19.5. The summed E-state index contributed by atoms with van der Waals surface area (Å²) in [5.41, 5.74) is 2.48. The summed E-state index contributed by atoms with van der Waals surface area (Å²) in [6.45, 7) is 7.35. The molecule has 3 rings (SSSR count). The van der Waals surface area contributed by atoms with Crippen molar-refractivity contribution in [3.05, 3.63) is 48.2 Å². The van der Waals surface area contributed by atoms with E-state index in [1.807, 2.05) is 58.0 Å². The third kappa shape index (κ3) is 4.19. The molecule has 7 heteroatoms. The highest BCUT2D eigenvalue weighted by atomic mass is 16.5. The second-order valence-corrected chi connectivity index (χ2v) is 7.14. The van der Waals surface area contributed by atoms with Gasteiger partial charge in [-0.15, -0.1) is 0 Å². The third-order valence-electron chi connectivity index (χ3n) is 4.13. The monoisotopic (exact) mass is 380 g/mol. The summed E-state index contributed by atoms with van der Waals surface area (Å²) < 4.78 is 7.01. The molecule has 7 nitrogen and oxygen atoms in total. The fourth-order valence-electron chi connectivity index (χ4n) is 2.89. The van der Waals surface area contributed by atoms with E-state index in [1.165, 1.54) is 0 Å². The molecule has 0 bridgehead atoms. The molecule has 2 aromatic heterocycles. The normalized spacial score (nSPS) is 11.2. The molecule has 0 atom stereocenters. The Morgan fingerprint density at radius 2 is 1.86 bits per heavy atom. The van der Waals surface area contributed by atoms with E-state index in [4.69, 9.17) is 9.72 Å². The van der Waals surface area contributed by atoms with Crippen molar-refractivity contribution in [2.45, 2.75) is 39.8 Å². The van der Waals surface area contributed by atoms with Crippen molar-refractivity contribution in [1.29, 1.82) is 0 Å². The molecular formula is C21H24N4O3. The van der Waals surface area contributed by atoms with E-state index in [2.05, 4.69) is 10.4 Å². The van der Waals surface area contributed by atoms with Gasteiger partial charge in [-0.05, 0) is 33.8 Å². The molecule has 1 amide bonds. The minimum absolute atomic E-state index is 0.0206. The van der Waals surface area contributed by atoms with Crippen molar-refractivity contribution in [1.82, 2.24) is 20.1 Å². The average Bonchev–Trinajstić information content (AvgIpc) is 3.09. The van der Waals surface area contributed by atoms with Crippen molar-refractivity contribution >= 4 is 22.9 Å². The average molecular weight is 380 g/mol. The molecule has 1 aromatic carbocycles. The van der Waals surface area contributed by atoms with Crippen LogP contribution in [0.15, 0.2) is 42.6 Å². The molecule has 0 saturated carbocycles. The van der Waals surface area contributed by atoms with Gasteiger partial charge in [0, 0.05) is 17.6 Å². The van der Waals surface area contributed by atoms with Gasteiger partial charge < -0.3 is 10.1 Å². The Bertz CT molecular complexity index is 994. The third-order valence-corrected chi connectivity index (χ3v) is 4.13. The highest BCUT2D eigenvalue weighted by Gasteiger charge is 2.20. The number of nitrogens with zero attached hydrogens (tertiary/aromatic N) is 3. The zero-order valence-corrected chi connectivity index (χ0v) is 16.5. The van der Waals surface area contributed by atoms with Crippen molar-refractivity contribution in [2.24, 2.45) is 0 Å². The maximum atomic E-state index is 12.7. The zero-order chi connectivity index (χ0) is 20.3. The van der Waals surface area contributed by atoms with Crippen molar-refractivity contribution < 1.29 is 14.3 Å². The number of carbonyl (C=O) groups is 2. The smallest absolute Gasteiger partial charge is 0.339 e. The Morgan fingerprint density at radius 1 is 1.14 bits per heavy atom. The van der Waals surface area contributed by atoms with E-state index in [9.17, 15) is 9.59 Å². The van der Waals surface area contributed by atoms with Crippen molar-refractivity contribution in [3.8, 4) is 11.3 Å². The van der Waals surface area contributed by atoms with Gasteiger partial charge in [0.15, 0.2) is 12.3 Å². The summed E-state index contributed by atoms with van der Waals surface area (Å²) in [5, 5.41) is 7.67. The number of esters is 1. The summed E-state index contributed by atoms with van der Waals surface area (Å²) in [4.78, 5) is 29.3. The molecule has 0 saturated heterocycles. The molecule has 28 heavy (non-hydrogen) atoms. The molecular weight excluding hydrogens is 356 g/mol. The maximum Gasteiger partial charge on any atom is 0.339 e. The van der Waals surface area contributed by atoms with E-state index in [0.29, 0.717) is 22.3 Å². The van der Waals surface area contributed by atoms with Gasteiger partial charge >= 0.3 is 5.97 Å². The molecule has 0 fully saturated rings. The lowest BCUT2D eigenvalue weighted by Crippen LogP contribution is -2.34. The summed E-state index contributed by atoms with van der Waals surface area (Å²) in [6.07, 6.45) is 1.61. The van der Waals surface area contributed by atoms with Crippen LogP contribution in [0.3, 0.4) is 0 Å². The van der Waals surface area contributed by atoms with Crippen LogP contribution in [0.4, 0.5) is 0 Å². The Kier molecular flexibility index (Phi) is 5.73. The molecule has 146 valence electrons. The Morgan fingerprint density at radius 3 is 2.50 bits per heavy atom. The van der Waals surface area contributed by atoms with E-state index >= 15 is 0 Å². The number of aromatic nitrogens is 3.